The molecule has 2 atom stereocenters. The van der Waals surface area contributed by atoms with Crippen molar-refractivity contribution in [2.75, 3.05) is 5.32 Å². The van der Waals surface area contributed by atoms with Crippen molar-refractivity contribution in [3.8, 4) is 0 Å². The lowest BCUT2D eigenvalue weighted by molar-refractivity contribution is 0.366. The van der Waals surface area contributed by atoms with Gasteiger partial charge in [0.25, 0.3) is 0 Å². The summed E-state index contributed by atoms with van der Waals surface area (Å²) in [5.41, 5.74) is 3.67. The highest BCUT2D eigenvalue weighted by Gasteiger charge is 2.17. The Bertz CT molecular complexity index is 764. The number of para-hydroxylation sites is 1. The second kappa shape index (κ2) is 8.48. The van der Waals surface area contributed by atoms with Crippen molar-refractivity contribution in [2.24, 2.45) is 11.8 Å². The van der Waals surface area contributed by atoms with Crippen molar-refractivity contribution in [1.82, 2.24) is 4.98 Å². The van der Waals surface area contributed by atoms with E-state index >= 15 is 0 Å². The highest BCUT2D eigenvalue weighted by molar-refractivity contribution is 7.22. The van der Waals surface area contributed by atoms with Crippen molar-refractivity contribution in [3.05, 3.63) is 59.8 Å². The molecule has 1 N–H and O–H groups in total. The number of nitrogens with zero attached hydrogens (tertiary/aromatic N) is 1. The molecule has 2 unspecified atom stereocenters. The average molecular weight is 353 g/mol. The van der Waals surface area contributed by atoms with Crippen LogP contribution in [0.5, 0.6) is 0 Å². The van der Waals surface area contributed by atoms with Crippen molar-refractivity contribution in [1.29, 1.82) is 0 Å². The highest BCUT2D eigenvalue weighted by atomic mass is 32.1. The fourth-order valence-electron chi connectivity index (χ4n) is 3.57. The molecule has 1 aromatic carbocycles. The minimum absolute atomic E-state index is 0.622. The van der Waals surface area contributed by atoms with E-state index in [2.05, 4.69) is 73.6 Å². The SMILES string of the molecule is CCCC(CC)C(C)C1=CCC=C(Nc2nc3ccccc3s2)C=C1. The second-order valence-corrected chi connectivity index (χ2v) is 7.82. The summed E-state index contributed by atoms with van der Waals surface area (Å²) < 4.78 is 1.22. The summed E-state index contributed by atoms with van der Waals surface area (Å²) in [4.78, 5) is 4.67. The molecule has 1 aromatic heterocycles. The predicted molar refractivity (Wildman–Crippen MR) is 111 cm³/mol. The first-order chi connectivity index (χ1) is 12.2. The standard InChI is InChI=1S/C22H28N2S/c1-4-9-17(5-2)16(3)18-10-8-11-19(15-14-18)23-22-24-20-12-6-7-13-21(20)25-22/h6-7,10-17H,4-5,8-9H2,1-3H3,(H,23,24). The van der Waals surface area contributed by atoms with Gasteiger partial charge in [-0.1, -0.05) is 81.7 Å². The summed E-state index contributed by atoms with van der Waals surface area (Å²) in [6.45, 7) is 6.98. The van der Waals surface area contributed by atoms with Crippen LogP contribution < -0.4 is 5.32 Å². The topological polar surface area (TPSA) is 24.9 Å². The maximum absolute atomic E-state index is 4.67. The molecule has 0 fully saturated rings. The third-order valence-corrected chi connectivity index (χ3v) is 6.06. The number of nitrogens with one attached hydrogen (secondary N) is 1. The van der Waals surface area contributed by atoms with Crippen LogP contribution in [0.1, 0.15) is 46.5 Å². The van der Waals surface area contributed by atoms with Gasteiger partial charge in [0.2, 0.25) is 0 Å². The van der Waals surface area contributed by atoms with Gasteiger partial charge in [0, 0.05) is 5.70 Å². The molecule has 2 nitrogen and oxygen atoms in total. The van der Waals surface area contributed by atoms with Crippen LogP contribution in [0.15, 0.2) is 59.8 Å². The molecule has 0 spiro atoms. The minimum Gasteiger partial charge on any atom is -0.332 e. The van der Waals surface area contributed by atoms with E-state index in [1.165, 1.54) is 29.5 Å². The molecule has 0 amide bonds. The van der Waals surface area contributed by atoms with E-state index in [-0.39, 0.29) is 0 Å². The molecule has 0 saturated carbocycles. The molecule has 0 aliphatic heterocycles. The minimum atomic E-state index is 0.622. The fraction of sp³-hybridized carbons (Fsp3) is 0.409. The summed E-state index contributed by atoms with van der Waals surface area (Å²) in [5, 5.41) is 4.45. The summed E-state index contributed by atoms with van der Waals surface area (Å²) in [5.74, 6) is 1.40. The first-order valence-corrected chi connectivity index (χ1v) is 10.2. The molecule has 0 saturated heterocycles. The second-order valence-electron chi connectivity index (χ2n) is 6.79. The van der Waals surface area contributed by atoms with Crippen LogP contribution in [0.4, 0.5) is 5.13 Å². The molecular formula is C22H28N2S. The molecule has 0 radical (unpaired) electrons. The van der Waals surface area contributed by atoms with E-state index in [4.69, 9.17) is 0 Å². The largest absolute Gasteiger partial charge is 0.332 e. The first-order valence-electron chi connectivity index (χ1n) is 9.42. The van der Waals surface area contributed by atoms with Gasteiger partial charge in [0.05, 0.1) is 10.2 Å². The molecular weight excluding hydrogens is 324 g/mol. The lowest BCUT2D eigenvalue weighted by Crippen LogP contribution is -2.12. The van der Waals surface area contributed by atoms with E-state index in [1.807, 2.05) is 6.07 Å². The van der Waals surface area contributed by atoms with Crippen molar-refractivity contribution in [3.63, 3.8) is 0 Å². The van der Waals surface area contributed by atoms with Gasteiger partial charge in [-0.05, 0) is 42.0 Å². The number of anilines is 1. The van der Waals surface area contributed by atoms with Crippen LogP contribution in [0.3, 0.4) is 0 Å². The number of fused-ring (bicyclic) bond motifs is 1. The Balaban J connectivity index is 1.69. The lowest BCUT2D eigenvalue weighted by Gasteiger charge is -2.23. The number of rotatable bonds is 7. The van der Waals surface area contributed by atoms with Crippen LogP contribution in [-0.2, 0) is 0 Å². The Hall–Kier alpha value is -1.87. The molecule has 132 valence electrons. The maximum atomic E-state index is 4.67. The third kappa shape index (κ3) is 4.40. The molecule has 3 heteroatoms. The maximum Gasteiger partial charge on any atom is 0.188 e. The number of hydrogen-bond donors (Lipinski definition) is 1. The van der Waals surface area contributed by atoms with Gasteiger partial charge >= 0.3 is 0 Å². The van der Waals surface area contributed by atoms with Gasteiger partial charge < -0.3 is 5.32 Å². The molecule has 1 aliphatic carbocycles. The summed E-state index contributed by atoms with van der Waals surface area (Å²) in [7, 11) is 0. The normalized spacial score (nSPS) is 16.9. The Morgan fingerprint density at radius 3 is 2.76 bits per heavy atom. The monoisotopic (exact) mass is 352 g/mol. The van der Waals surface area contributed by atoms with Crippen LogP contribution in [0.25, 0.3) is 10.2 Å². The summed E-state index contributed by atoms with van der Waals surface area (Å²) in [6.07, 6.45) is 13.9. The zero-order valence-corrected chi connectivity index (χ0v) is 16.3. The summed E-state index contributed by atoms with van der Waals surface area (Å²) >= 11 is 1.71. The van der Waals surface area contributed by atoms with Crippen LogP contribution >= 0.6 is 11.3 Å². The number of benzene rings is 1. The first kappa shape index (κ1) is 17.9. The average Bonchev–Trinajstić information content (AvgIpc) is 2.89. The van der Waals surface area contributed by atoms with Gasteiger partial charge in [-0.15, -0.1) is 0 Å². The Labute approximate surface area is 155 Å². The fourth-order valence-corrected chi connectivity index (χ4v) is 4.46. The smallest absolute Gasteiger partial charge is 0.188 e. The van der Waals surface area contributed by atoms with Gasteiger partial charge in [0.15, 0.2) is 5.13 Å². The van der Waals surface area contributed by atoms with Crippen LogP contribution in [-0.4, -0.2) is 4.98 Å². The number of aromatic nitrogens is 1. The molecule has 25 heavy (non-hydrogen) atoms. The lowest BCUT2D eigenvalue weighted by atomic mass is 9.82. The zero-order valence-electron chi connectivity index (χ0n) is 15.5. The highest BCUT2D eigenvalue weighted by Crippen LogP contribution is 2.31. The third-order valence-electron chi connectivity index (χ3n) is 5.11. The van der Waals surface area contributed by atoms with Gasteiger partial charge in [-0.3, -0.25) is 0 Å². The Morgan fingerprint density at radius 2 is 2.00 bits per heavy atom. The van der Waals surface area contributed by atoms with E-state index in [0.29, 0.717) is 5.92 Å². The zero-order chi connectivity index (χ0) is 17.6. The van der Waals surface area contributed by atoms with E-state index in [1.54, 1.807) is 11.3 Å². The molecule has 3 rings (SSSR count). The van der Waals surface area contributed by atoms with Crippen molar-refractivity contribution < 1.29 is 0 Å². The van der Waals surface area contributed by atoms with Crippen LogP contribution in [0.2, 0.25) is 0 Å². The molecule has 0 bridgehead atoms. The predicted octanol–water partition coefficient (Wildman–Crippen LogP) is 6.94. The molecule has 2 aromatic rings. The van der Waals surface area contributed by atoms with Crippen molar-refractivity contribution in [2.45, 2.75) is 46.5 Å². The van der Waals surface area contributed by atoms with Gasteiger partial charge in [0.1, 0.15) is 0 Å². The van der Waals surface area contributed by atoms with E-state index in [0.717, 1.165) is 28.7 Å². The van der Waals surface area contributed by atoms with E-state index < -0.39 is 0 Å². The van der Waals surface area contributed by atoms with Crippen LogP contribution in [0, 0.1) is 11.8 Å². The van der Waals surface area contributed by atoms with Gasteiger partial charge in [-0.25, -0.2) is 4.98 Å². The quantitative estimate of drug-likeness (QED) is 0.583. The van der Waals surface area contributed by atoms with Crippen molar-refractivity contribution >= 4 is 26.7 Å². The Kier molecular flexibility index (Phi) is 6.09. The number of allylic oxidation sites excluding steroid dienone is 5. The number of thiazole rings is 1. The van der Waals surface area contributed by atoms with E-state index in [9.17, 15) is 0 Å². The van der Waals surface area contributed by atoms with Gasteiger partial charge in [-0.2, -0.15) is 0 Å². The molecule has 1 aliphatic rings. The Morgan fingerprint density at radius 1 is 1.16 bits per heavy atom. The number of hydrogen-bond acceptors (Lipinski definition) is 3. The summed E-state index contributed by atoms with van der Waals surface area (Å²) in [6, 6.07) is 8.28. The molecule has 1 heterocycles.